The molecule has 0 fully saturated rings. The first-order valence-electron chi connectivity index (χ1n) is 3.31. The topological polar surface area (TPSA) is 40.1 Å². The second-order valence-corrected chi connectivity index (χ2v) is 2.32. The molecule has 0 aliphatic rings. The number of carboxylic acid groups (broad SMARTS) is 1. The molecule has 0 aromatic heterocycles. The van der Waals surface area contributed by atoms with Crippen molar-refractivity contribution in [1.29, 1.82) is 0 Å². The third kappa shape index (κ3) is 6.94. The first-order chi connectivity index (χ1) is 5.20. The van der Waals surface area contributed by atoms with Gasteiger partial charge in [-0.25, -0.2) is 0 Å². The van der Waals surface area contributed by atoms with Gasteiger partial charge in [-0.3, -0.25) is 0 Å². The Kier molecular flexibility index (Phi) is 12.3. The Labute approximate surface area is 163 Å². The maximum atomic E-state index is 10.2. The van der Waals surface area contributed by atoms with Crippen LogP contribution in [0, 0.1) is 13.3 Å². The third-order valence-corrected chi connectivity index (χ3v) is 1.46. The van der Waals surface area contributed by atoms with Crippen molar-refractivity contribution in [1.82, 2.24) is 0 Å². The number of rotatable bonds is 2. The molecule has 1 aromatic carbocycles. The first kappa shape index (κ1) is 17.4. The van der Waals surface area contributed by atoms with E-state index in [0.717, 1.165) is 12.0 Å². The Morgan fingerprint density at radius 1 is 1.38 bits per heavy atom. The van der Waals surface area contributed by atoms with Gasteiger partial charge in [0.25, 0.3) is 0 Å². The van der Waals surface area contributed by atoms with E-state index in [1.807, 2.05) is 19.1 Å². The molecule has 0 saturated heterocycles. The van der Waals surface area contributed by atoms with Gasteiger partial charge in [0.15, 0.2) is 0 Å². The second kappa shape index (κ2) is 9.21. The average Bonchev–Trinajstić information content (AvgIpc) is 1.93. The van der Waals surface area contributed by atoms with Gasteiger partial charge >= 0.3 is 51.4 Å². The largest absolute Gasteiger partial charge is 1.00 e. The quantitative estimate of drug-likeness (QED) is 0.502. The number of carbonyl (C=O) groups excluding carboxylic acids is 1. The molecule has 0 amide bonds. The van der Waals surface area contributed by atoms with Gasteiger partial charge in [-0.2, -0.15) is 0 Å². The van der Waals surface area contributed by atoms with Gasteiger partial charge in [0.1, 0.15) is 0 Å². The summed E-state index contributed by atoms with van der Waals surface area (Å²) in [5.41, 5.74) is 1.64. The van der Waals surface area contributed by atoms with E-state index in [1.165, 1.54) is 0 Å². The summed E-state index contributed by atoms with van der Waals surface area (Å²) in [6.07, 6.45) is 1.09. The van der Waals surface area contributed by atoms with E-state index in [2.05, 4.69) is 0 Å². The molecule has 1 aromatic rings. The Hall–Kier alpha value is 1.96. The monoisotopic (exact) mass is 226 g/mol. The van der Waals surface area contributed by atoms with Gasteiger partial charge in [-0.05, 0) is 18.1 Å². The standard InChI is InChI=1S/C9H9O2.2K/c1-7-4-2-3-5-8(7)6-9(10)11;;/h2-6H,1H3,(H,10,11);;/q;;+1/p-1. The molecule has 2 radical (unpaired) electrons. The SMILES string of the molecule is Cc1ccccc1[CH]C(=O)[O-].[K+].[K]. The number of aliphatic carboxylic acids is 1. The molecule has 2 nitrogen and oxygen atoms in total. The summed E-state index contributed by atoms with van der Waals surface area (Å²) < 4.78 is 0. The second-order valence-electron chi connectivity index (χ2n) is 2.32. The molecule has 58 valence electrons. The van der Waals surface area contributed by atoms with Gasteiger partial charge in [0, 0.05) is 63.8 Å². The average molecular weight is 226 g/mol. The van der Waals surface area contributed by atoms with Crippen LogP contribution in [0.3, 0.4) is 0 Å². The van der Waals surface area contributed by atoms with Crippen LogP contribution in [0.1, 0.15) is 11.1 Å². The molecule has 4 heteroatoms. The van der Waals surface area contributed by atoms with Crippen LogP contribution in [0.2, 0.25) is 0 Å². The fraction of sp³-hybridized carbons (Fsp3) is 0.111. The predicted molar refractivity (Wildman–Crippen MR) is 45.3 cm³/mol. The molecule has 0 spiro atoms. The molecule has 0 bridgehead atoms. The van der Waals surface area contributed by atoms with E-state index in [9.17, 15) is 9.90 Å². The minimum absolute atomic E-state index is 0. The van der Waals surface area contributed by atoms with Crippen LogP contribution in [0.15, 0.2) is 24.3 Å². The number of carbonyl (C=O) groups is 1. The zero-order chi connectivity index (χ0) is 8.27. The summed E-state index contributed by atoms with van der Waals surface area (Å²) in [6, 6.07) is 7.25. The molecule has 0 atom stereocenters. The number of carboxylic acids is 1. The van der Waals surface area contributed by atoms with Crippen molar-refractivity contribution in [3.8, 4) is 0 Å². The van der Waals surface area contributed by atoms with Crippen molar-refractivity contribution in [3.05, 3.63) is 41.8 Å². The van der Waals surface area contributed by atoms with E-state index < -0.39 is 5.97 Å². The third-order valence-electron chi connectivity index (χ3n) is 1.46. The maximum absolute atomic E-state index is 10.2. The summed E-state index contributed by atoms with van der Waals surface area (Å²) in [5.74, 6) is -1.15. The van der Waals surface area contributed by atoms with Gasteiger partial charge in [0.2, 0.25) is 0 Å². The predicted octanol–water partition coefficient (Wildman–Crippen LogP) is -3.08. The van der Waals surface area contributed by atoms with Crippen LogP contribution < -0.4 is 56.5 Å². The molecule has 13 heavy (non-hydrogen) atoms. The molecule has 0 heterocycles. The Morgan fingerprint density at radius 2 is 1.92 bits per heavy atom. The fourth-order valence-electron chi connectivity index (χ4n) is 0.876. The molecule has 0 aliphatic carbocycles. The molecule has 0 saturated carbocycles. The van der Waals surface area contributed by atoms with Crippen LogP contribution in [0.5, 0.6) is 0 Å². The normalized spacial score (nSPS) is 8.08. The van der Waals surface area contributed by atoms with Crippen LogP contribution in [0.4, 0.5) is 0 Å². The Morgan fingerprint density at radius 3 is 2.38 bits per heavy atom. The number of benzene rings is 1. The molecular formula is C9H8K2O2. The zero-order valence-corrected chi connectivity index (χ0v) is 14.4. The van der Waals surface area contributed by atoms with Crippen molar-refractivity contribution in [2.75, 3.05) is 0 Å². The van der Waals surface area contributed by atoms with Crippen molar-refractivity contribution >= 4 is 57.4 Å². The summed E-state index contributed by atoms with van der Waals surface area (Å²) >= 11 is 0. The van der Waals surface area contributed by atoms with Gasteiger partial charge in [-0.1, -0.05) is 24.3 Å². The number of aryl methyl sites for hydroxylation is 1. The molecular weight excluding hydrogens is 218 g/mol. The molecule has 1 rings (SSSR count). The fourth-order valence-corrected chi connectivity index (χ4v) is 0.876. The molecule has 0 N–H and O–H groups in total. The van der Waals surface area contributed by atoms with E-state index >= 15 is 0 Å². The minimum atomic E-state index is -1.15. The van der Waals surface area contributed by atoms with E-state index in [1.54, 1.807) is 12.1 Å². The van der Waals surface area contributed by atoms with Gasteiger partial charge in [-0.15, -0.1) is 0 Å². The van der Waals surface area contributed by atoms with Crippen LogP contribution in [-0.2, 0) is 4.79 Å². The van der Waals surface area contributed by atoms with Gasteiger partial charge < -0.3 is 9.90 Å². The Balaban J connectivity index is 0. The van der Waals surface area contributed by atoms with Crippen LogP contribution in [-0.4, -0.2) is 57.4 Å². The number of hydrogen-bond acceptors (Lipinski definition) is 2. The van der Waals surface area contributed by atoms with E-state index in [-0.39, 0.29) is 103 Å². The molecule has 0 unspecified atom stereocenters. The molecule has 0 aliphatic heterocycles. The first-order valence-corrected chi connectivity index (χ1v) is 3.31. The summed E-state index contributed by atoms with van der Waals surface area (Å²) in [5, 5.41) is 10.2. The maximum Gasteiger partial charge on any atom is 1.00 e. The van der Waals surface area contributed by atoms with Crippen LogP contribution in [0.25, 0.3) is 0 Å². The summed E-state index contributed by atoms with van der Waals surface area (Å²) in [7, 11) is 0. The summed E-state index contributed by atoms with van der Waals surface area (Å²) in [4.78, 5) is 10.2. The summed E-state index contributed by atoms with van der Waals surface area (Å²) in [6.45, 7) is 1.86. The van der Waals surface area contributed by atoms with Crippen molar-refractivity contribution in [2.24, 2.45) is 0 Å². The zero-order valence-electron chi connectivity index (χ0n) is 8.20. The van der Waals surface area contributed by atoms with Crippen molar-refractivity contribution < 1.29 is 61.3 Å². The van der Waals surface area contributed by atoms with E-state index in [0.29, 0.717) is 5.56 Å². The number of hydrogen-bond donors (Lipinski definition) is 0. The Bertz CT molecular complexity index is 274. The van der Waals surface area contributed by atoms with Crippen molar-refractivity contribution in [3.63, 3.8) is 0 Å². The van der Waals surface area contributed by atoms with Crippen molar-refractivity contribution in [2.45, 2.75) is 6.92 Å². The smallest absolute Gasteiger partial charge is 0.549 e. The van der Waals surface area contributed by atoms with Crippen LogP contribution >= 0.6 is 0 Å². The minimum Gasteiger partial charge on any atom is -0.549 e. The van der Waals surface area contributed by atoms with Gasteiger partial charge in [0.05, 0.1) is 0 Å². The van der Waals surface area contributed by atoms with E-state index in [4.69, 9.17) is 0 Å².